The summed E-state index contributed by atoms with van der Waals surface area (Å²) in [7, 11) is 1.64. The number of carbonyl (C=O) groups is 2. The number of likely N-dealkylation sites (tertiary alicyclic amines) is 1. The van der Waals surface area contributed by atoms with Gasteiger partial charge in [-0.15, -0.1) is 0 Å². The van der Waals surface area contributed by atoms with Crippen LogP contribution in [0.1, 0.15) is 37.7 Å². The van der Waals surface area contributed by atoms with Crippen LogP contribution in [0.25, 0.3) is 0 Å². The largest absolute Gasteiger partial charge is 0.497 e. The Bertz CT molecular complexity index is 506. The van der Waals surface area contributed by atoms with Crippen LogP contribution >= 0.6 is 0 Å². The van der Waals surface area contributed by atoms with Gasteiger partial charge in [-0.1, -0.05) is 25.0 Å². The number of hydrogen-bond donors (Lipinski definition) is 1. The maximum Gasteiger partial charge on any atom is 0.232 e. The lowest BCUT2D eigenvalue weighted by molar-refractivity contribution is -0.136. The molecule has 1 fully saturated rings. The Labute approximate surface area is 138 Å². The van der Waals surface area contributed by atoms with Crippen molar-refractivity contribution in [2.45, 2.75) is 38.5 Å². The molecule has 5 nitrogen and oxygen atoms in total. The van der Waals surface area contributed by atoms with E-state index in [-0.39, 0.29) is 18.2 Å². The topological polar surface area (TPSA) is 58.6 Å². The summed E-state index contributed by atoms with van der Waals surface area (Å²) in [6, 6.07) is 7.76. The zero-order chi connectivity index (χ0) is 16.5. The van der Waals surface area contributed by atoms with Crippen LogP contribution in [0.2, 0.25) is 0 Å². The average Bonchev–Trinajstić information content (AvgIpc) is 2.85. The average molecular weight is 318 g/mol. The number of rotatable bonds is 6. The maximum absolute atomic E-state index is 12.1. The van der Waals surface area contributed by atoms with Gasteiger partial charge in [0.05, 0.1) is 7.11 Å². The maximum atomic E-state index is 12.1. The highest BCUT2D eigenvalue weighted by Crippen LogP contribution is 2.12. The molecule has 2 rings (SSSR count). The quantitative estimate of drug-likeness (QED) is 0.818. The van der Waals surface area contributed by atoms with Crippen LogP contribution < -0.4 is 10.1 Å². The number of carbonyl (C=O) groups excluding carboxylic acids is 2. The predicted molar refractivity (Wildman–Crippen MR) is 89.4 cm³/mol. The van der Waals surface area contributed by atoms with E-state index in [1.807, 2.05) is 29.2 Å². The van der Waals surface area contributed by atoms with Crippen molar-refractivity contribution >= 4 is 11.8 Å². The number of nitrogens with one attached hydrogen (secondary N) is 1. The fourth-order valence-electron chi connectivity index (χ4n) is 2.77. The minimum atomic E-state index is -0.187. The Morgan fingerprint density at radius 3 is 2.35 bits per heavy atom. The van der Waals surface area contributed by atoms with Gasteiger partial charge in [0, 0.05) is 19.6 Å². The molecule has 0 bridgehead atoms. The first-order valence-corrected chi connectivity index (χ1v) is 8.36. The molecule has 23 heavy (non-hydrogen) atoms. The SMILES string of the molecule is COc1ccc(CCNC(=O)CC(=O)N2CCCCCC2)cc1. The molecule has 1 N–H and O–H groups in total. The molecule has 1 aromatic carbocycles. The first kappa shape index (κ1) is 17.3. The molecule has 1 aliphatic rings. The summed E-state index contributed by atoms with van der Waals surface area (Å²) in [6.07, 6.45) is 5.15. The van der Waals surface area contributed by atoms with E-state index in [2.05, 4.69) is 5.32 Å². The number of amides is 2. The molecule has 0 unspecified atom stereocenters. The van der Waals surface area contributed by atoms with Crippen LogP contribution in [0.5, 0.6) is 5.75 Å². The lowest BCUT2D eigenvalue weighted by Gasteiger charge is -2.19. The van der Waals surface area contributed by atoms with Gasteiger partial charge >= 0.3 is 0 Å². The molecule has 0 radical (unpaired) electrons. The van der Waals surface area contributed by atoms with Gasteiger partial charge in [0.25, 0.3) is 0 Å². The summed E-state index contributed by atoms with van der Waals surface area (Å²) in [5.74, 6) is 0.586. The first-order chi connectivity index (χ1) is 11.2. The third-order valence-corrected chi connectivity index (χ3v) is 4.17. The second-order valence-electron chi connectivity index (χ2n) is 5.92. The third-order valence-electron chi connectivity index (χ3n) is 4.17. The molecule has 1 aliphatic heterocycles. The van der Waals surface area contributed by atoms with Gasteiger partial charge in [-0.2, -0.15) is 0 Å². The number of hydrogen-bond acceptors (Lipinski definition) is 3. The Kier molecular flexibility index (Phi) is 6.91. The molecule has 5 heteroatoms. The fraction of sp³-hybridized carbons (Fsp3) is 0.556. The molecule has 0 aromatic heterocycles. The van der Waals surface area contributed by atoms with Gasteiger partial charge < -0.3 is 15.0 Å². The van der Waals surface area contributed by atoms with E-state index in [4.69, 9.17) is 4.74 Å². The Hall–Kier alpha value is -2.04. The van der Waals surface area contributed by atoms with Crippen LogP contribution in [0.3, 0.4) is 0 Å². The molecule has 2 amide bonds. The second kappa shape index (κ2) is 9.18. The predicted octanol–water partition coefficient (Wildman–Crippen LogP) is 2.15. The molecule has 0 atom stereocenters. The molecule has 126 valence electrons. The summed E-state index contributed by atoms with van der Waals surface area (Å²) in [4.78, 5) is 25.8. The van der Waals surface area contributed by atoms with Crippen molar-refractivity contribution in [3.8, 4) is 5.75 Å². The Balaban J connectivity index is 1.68. The van der Waals surface area contributed by atoms with Gasteiger partial charge in [0.15, 0.2) is 0 Å². The highest BCUT2D eigenvalue weighted by molar-refractivity contribution is 5.96. The van der Waals surface area contributed by atoms with Gasteiger partial charge in [-0.25, -0.2) is 0 Å². The van der Waals surface area contributed by atoms with Crippen molar-refractivity contribution in [1.82, 2.24) is 10.2 Å². The smallest absolute Gasteiger partial charge is 0.232 e. The molecule has 1 aromatic rings. The van der Waals surface area contributed by atoms with Crippen LogP contribution in [0.15, 0.2) is 24.3 Å². The van der Waals surface area contributed by atoms with Crippen molar-refractivity contribution < 1.29 is 14.3 Å². The highest BCUT2D eigenvalue weighted by atomic mass is 16.5. The lowest BCUT2D eigenvalue weighted by Crippen LogP contribution is -2.36. The first-order valence-electron chi connectivity index (χ1n) is 8.36. The zero-order valence-corrected chi connectivity index (χ0v) is 13.8. The van der Waals surface area contributed by atoms with Crippen molar-refractivity contribution in [3.63, 3.8) is 0 Å². The number of nitrogens with zero attached hydrogens (tertiary/aromatic N) is 1. The molecular weight excluding hydrogens is 292 g/mol. The monoisotopic (exact) mass is 318 g/mol. The molecular formula is C18H26N2O3. The highest BCUT2D eigenvalue weighted by Gasteiger charge is 2.18. The minimum absolute atomic E-state index is 0.0391. The van der Waals surface area contributed by atoms with Crippen molar-refractivity contribution in [1.29, 1.82) is 0 Å². The fourth-order valence-corrected chi connectivity index (χ4v) is 2.77. The Morgan fingerprint density at radius 1 is 1.09 bits per heavy atom. The normalized spacial score (nSPS) is 14.9. The summed E-state index contributed by atoms with van der Waals surface area (Å²) in [5, 5.41) is 2.83. The second-order valence-corrected chi connectivity index (χ2v) is 5.92. The van der Waals surface area contributed by atoms with Crippen LogP contribution in [-0.2, 0) is 16.0 Å². The van der Waals surface area contributed by atoms with Crippen LogP contribution in [0, 0.1) is 0 Å². The van der Waals surface area contributed by atoms with E-state index in [1.165, 1.54) is 12.8 Å². The molecule has 0 aliphatic carbocycles. The van der Waals surface area contributed by atoms with Crippen LogP contribution in [-0.4, -0.2) is 43.5 Å². The molecule has 1 saturated heterocycles. The third kappa shape index (κ3) is 5.93. The van der Waals surface area contributed by atoms with Crippen molar-refractivity contribution in [2.75, 3.05) is 26.7 Å². The number of benzene rings is 1. The summed E-state index contributed by atoms with van der Waals surface area (Å²) in [6.45, 7) is 2.12. The lowest BCUT2D eigenvalue weighted by atomic mass is 10.1. The van der Waals surface area contributed by atoms with Gasteiger partial charge in [-0.3, -0.25) is 9.59 Å². The van der Waals surface area contributed by atoms with E-state index >= 15 is 0 Å². The van der Waals surface area contributed by atoms with E-state index in [1.54, 1.807) is 7.11 Å². The van der Waals surface area contributed by atoms with Gasteiger partial charge in [0.2, 0.25) is 11.8 Å². The standard InChI is InChI=1S/C18H26N2O3/c1-23-16-8-6-15(7-9-16)10-11-19-17(21)14-18(22)20-12-4-2-3-5-13-20/h6-9H,2-5,10-14H2,1H3,(H,19,21). The van der Waals surface area contributed by atoms with E-state index in [0.717, 1.165) is 43.7 Å². The summed E-state index contributed by atoms with van der Waals surface area (Å²) >= 11 is 0. The van der Waals surface area contributed by atoms with Gasteiger partial charge in [0.1, 0.15) is 12.2 Å². The zero-order valence-electron chi connectivity index (χ0n) is 13.8. The minimum Gasteiger partial charge on any atom is -0.497 e. The molecule has 0 saturated carbocycles. The molecule has 1 heterocycles. The summed E-state index contributed by atoms with van der Waals surface area (Å²) < 4.78 is 5.11. The van der Waals surface area contributed by atoms with Crippen molar-refractivity contribution in [3.05, 3.63) is 29.8 Å². The summed E-state index contributed by atoms with van der Waals surface area (Å²) in [5.41, 5.74) is 1.13. The van der Waals surface area contributed by atoms with E-state index < -0.39 is 0 Å². The van der Waals surface area contributed by atoms with E-state index in [0.29, 0.717) is 6.54 Å². The van der Waals surface area contributed by atoms with Crippen molar-refractivity contribution in [2.24, 2.45) is 0 Å². The van der Waals surface area contributed by atoms with Gasteiger partial charge in [-0.05, 0) is 37.0 Å². The molecule has 0 spiro atoms. The van der Waals surface area contributed by atoms with E-state index in [9.17, 15) is 9.59 Å². The number of methoxy groups -OCH3 is 1. The van der Waals surface area contributed by atoms with Crippen LogP contribution in [0.4, 0.5) is 0 Å². The number of ether oxygens (including phenoxy) is 1. The Morgan fingerprint density at radius 2 is 1.74 bits per heavy atom.